The van der Waals surface area contributed by atoms with Crippen molar-refractivity contribution < 1.29 is 19.3 Å². The fraction of sp³-hybridized carbons (Fsp3) is 0.615. The average Bonchev–Trinajstić information content (AvgIpc) is 3.17. The molecule has 2 aliphatic rings. The molecular formula is C13H15ClFN5O3. The number of ether oxygens (including phenoxy) is 1. The number of fused-ring (bicyclic) bond motifs is 1. The molecule has 4 atom stereocenters. The maximum atomic E-state index is 14.3. The Balaban J connectivity index is 1.74. The molecule has 8 nitrogen and oxygen atoms in total. The Hall–Kier alpha value is -1.55. The lowest BCUT2D eigenvalue weighted by atomic mass is 10.1. The van der Waals surface area contributed by atoms with E-state index < -0.39 is 31.2 Å². The summed E-state index contributed by atoms with van der Waals surface area (Å²) in [5.41, 5.74) is 0.769. The molecule has 0 unspecified atom stereocenters. The standard InChI is InChI=1S/C13H15ClFN5O3/c14-13-18-10(17-5-1-2-5)8-11(19-13)20(4-16-8)12-7(15)9(22)6(3-21)23-12/h4-7,9,12,21-22H,1-3H2,(H,17,18,19)/t6-,7+,9-,12-/m1/s1. The number of nitrogens with one attached hydrogen (secondary N) is 1. The van der Waals surface area contributed by atoms with Crippen LogP contribution in [-0.4, -0.2) is 60.8 Å². The van der Waals surface area contributed by atoms with Crippen molar-refractivity contribution in [1.29, 1.82) is 0 Å². The minimum Gasteiger partial charge on any atom is -0.394 e. The van der Waals surface area contributed by atoms with Crippen molar-refractivity contribution >= 4 is 28.6 Å². The second-order valence-corrected chi connectivity index (χ2v) is 6.10. The van der Waals surface area contributed by atoms with Crippen LogP contribution >= 0.6 is 11.6 Å². The smallest absolute Gasteiger partial charge is 0.226 e. The average molecular weight is 344 g/mol. The van der Waals surface area contributed by atoms with Crippen LogP contribution in [0, 0.1) is 0 Å². The summed E-state index contributed by atoms with van der Waals surface area (Å²) in [6, 6.07) is 0.339. The van der Waals surface area contributed by atoms with Crippen molar-refractivity contribution in [1.82, 2.24) is 19.5 Å². The molecular weight excluding hydrogens is 329 g/mol. The van der Waals surface area contributed by atoms with E-state index in [1.54, 1.807) is 0 Å². The van der Waals surface area contributed by atoms with Crippen molar-refractivity contribution in [2.75, 3.05) is 11.9 Å². The number of imidazole rings is 1. The third-order valence-corrected chi connectivity index (χ3v) is 4.23. The zero-order valence-electron chi connectivity index (χ0n) is 11.9. The molecule has 1 aliphatic carbocycles. The predicted molar refractivity (Wildman–Crippen MR) is 78.9 cm³/mol. The molecule has 0 radical (unpaired) electrons. The highest BCUT2D eigenvalue weighted by Gasteiger charge is 2.45. The van der Waals surface area contributed by atoms with E-state index in [0.717, 1.165) is 12.8 Å². The minimum atomic E-state index is -1.71. The van der Waals surface area contributed by atoms with Crippen LogP contribution in [0.5, 0.6) is 0 Å². The summed E-state index contributed by atoms with van der Waals surface area (Å²) >= 11 is 5.96. The summed E-state index contributed by atoms with van der Waals surface area (Å²) in [4.78, 5) is 12.5. The van der Waals surface area contributed by atoms with Crippen LogP contribution in [0.4, 0.5) is 10.2 Å². The zero-order valence-corrected chi connectivity index (χ0v) is 12.7. The predicted octanol–water partition coefficient (Wildman–Crippen LogP) is 0.643. The number of aliphatic hydroxyl groups is 2. The number of aromatic nitrogens is 4. The normalized spacial score (nSPS) is 31.0. The SMILES string of the molecule is OC[C@H]1O[C@@H](n2cnc3c(NC4CC4)nc(Cl)nc32)[C@@H](F)[C@@H]1O. The van der Waals surface area contributed by atoms with E-state index in [1.807, 2.05) is 0 Å². The van der Waals surface area contributed by atoms with Crippen LogP contribution in [0.15, 0.2) is 6.33 Å². The summed E-state index contributed by atoms with van der Waals surface area (Å²) in [5, 5.41) is 22.1. The van der Waals surface area contributed by atoms with Gasteiger partial charge in [0.25, 0.3) is 0 Å². The van der Waals surface area contributed by atoms with Gasteiger partial charge >= 0.3 is 0 Å². The summed E-state index contributed by atoms with van der Waals surface area (Å²) in [6.07, 6.45) is -1.78. The van der Waals surface area contributed by atoms with Gasteiger partial charge in [0.1, 0.15) is 12.2 Å². The molecule has 0 aromatic carbocycles. The van der Waals surface area contributed by atoms with Gasteiger partial charge in [0.05, 0.1) is 12.9 Å². The van der Waals surface area contributed by atoms with Crippen LogP contribution in [0.3, 0.4) is 0 Å². The molecule has 2 fully saturated rings. The lowest BCUT2D eigenvalue weighted by molar-refractivity contribution is -0.0459. The van der Waals surface area contributed by atoms with Gasteiger partial charge in [-0.05, 0) is 24.4 Å². The van der Waals surface area contributed by atoms with Crippen molar-refractivity contribution in [3.05, 3.63) is 11.6 Å². The van der Waals surface area contributed by atoms with Gasteiger partial charge in [-0.2, -0.15) is 9.97 Å². The Bertz CT molecular complexity index is 740. The fourth-order valence-electron chi connectivity index (χ4n) is 2.68. The van der Waals surface area contributed by atoms with Crippen LogP contribution in [0.2, 0.25) is 5.28 Å². The van der Waals surface area contributed by atoms with Gasteiger partial charge in [-0.15, -0.1) is 0 Å². The molecule has 2 aromatic heterocycles. The minimum absolute atomic E-state index is 0.00932. The third kappa shape index (κ3) is 2.53. The molecule has 23 heavy (non-hydrogen) atoms. The topological polar surface area (TPSA) is 105 Å². The van der Waals surface area contributed by atoms with Crippen LogP contribution in [0.1, 0.15) is 19.1 Å². The van der Waals surface area contributed by atoms with Crippen LogP contribution in [-0.2, 0) is 4.74 Å². The summed E-state index contributed by atoms with van der Waals surface area (Å²) < 4.78 is 21.1. The molecule has 3 N–H and O–H groups in total. The van der Waals surface area contributed by atoms with E-state index in [4.69, 9.17) is 21.4 Å². The number of rotatable bonds is 4. The molecule has 3 heterocycles. The third-order valence-electron chi connectivity index (χ3n) is 4.06. The first-order chi connectivity index (χ1) is 11.1. The van der Waals surface area contributed by atoms with Crippen LogP contribution < -0.4 is 5.32 Å². The summed E-state index contributed by atoms with van der Waals surface area (Å²) in [5.74, 6) is 0.494. The highest BCUT2D eigenvalue weighted by atomic mass is 35.5. The number of hydrogen-bond donors (Lipinski definition) is 3. The van der Waals surface area contributed by atoms with E-state index in [0.29, 0.717) is 23.0 Å². The fourth-order valence-corrected chi connectivity index (χ4v) is 2.84. The Morgan fingerprint density at radius 2 is 2.22 bits per heavy atom. The number of halogens is 2. The molecule has 0 spiro atoms. The number of aliphatic hydroxyl groups excluding tert-OH is 2. The first kappa shape index (κ1) is 15.0. The van der Waals surface area contributed by atoms with Gasteiger partial charge in [0.2, 0.25) is 5.28 Å². The number of hydrogen-bond acceptors (Lipinski definition) is 7. The van der Waals surface area contributed by atoms with Gasteiger partial charge in [-0.25, -0.2) is 9.37 Å². The molecule has 0 amide bonds. The van der Waals surface area contributed by atoms with E-state index in [2.05, 4.69) is 20.3 Å². The summed E-state index contributed by atoms with van der Waals surface area (Å²) in [6.45, 7) is -0.477. The molecule has 0 bridgehead atoms. The highest BCUT2D eigenvalue weighted by molar-refractivity contribution is 6.28. The summed E-state index contributed by atoms with van der Waals surface area (Å²) in [7, 11) is 0. The van der Waals surface area contributed by atoms with E-state index >= 15 is 0 Å². The number of alkyl halides is 1. The first-order valence-electron chi connectivity index (χ1n) is 7.33. The Morgan fingerprint density at radius 1 is 1.43 bits per heavy atom. The van der Waals surface area contributed by atoms with Crippen molar-refractivity contribution in [2.24, 2.45) is 0 Å². The maximum Gasteiger partial charge on any atom is 0.226 e. The quantitative estimate of drug-likeness (QED) is 0.700. The Kier molecular flexibility index (Phi) is 3.60. The molecule has 4 rings (SSSR count). The largest absolute Gasteiger partial charge is 0.394 e. The van der Waals surface area contributed by atoms with E-state index in [-0.39, 0.29) is 5.28 Å². The molecule has 2 aromatic rings. The number of anilines is 1. The van der Waals surface area contributed by atoms with Gasteiger partial charge in [-0.1, -0.05) is 0 Å². The van der Waals surface area contributed by atoms with E-state index in [1.165, 1.54) is 10.9 Å². The molecule has 1 saturated carbocycles. The molecule has 10 heteroatoms. The van der Waals surface area contributed by atoms with Crippen LogP contribution in [0.25, 0.3) is 11.2 Å². The van der Waals surface area contributed by atoms with Crippen molar-refractivity contribution in [3.63, 3.8) is 0 Å². The van der Waals surface area contributed by atoms with E-state index in [9.17, 15) is 9.50 Å². The van der Waals surface area contributed by atoms with Gasteiger partial charge in [0, 0.05) is 6.04 Å². The Labute approximate surface area is 135 Å². The second-order valence-electron chi connectivity index (χ2n) is 5.77. The van der Waals surface area contributed by atoms with Gasteiger partial charge in [0.15, 0.2) is 29.4 Å². The van der Waals surface area contributed by atoms with Gasteiger partial charge in [-0.3, -0.25) is 4.57 Å². The first-order valence-corrected chi connectivity index (χ1v) is 7.71. The van der Waals surface area contributed by atoms with Crippen molar-refractivity contribution in [3.8, 4) is 0 Å². The monoisotopic (exact) mass is 343 g/mol. The zero-order chi connectivity index (χ0) is 16.1. The number of nitrogens with zero attached hydrogens (tertiary/aromatic N) is 4. The Morgan fingerprint density at radius 3 is 2.87 bits per heavy atom. The highest BCUT2D eigenvalue weighted by Crippen LogP contribution is 2.35. The second kappa shape index (κ2) is 5.52. The van der Waals surface area contributed by atoms with Gasteiger partial charge < -0.3 is 20.3 Å². The van der Waals surface area contributed by atoms with Crippen molar-refractivity contribution in [2.45, 2.75) is 43.5 Å². The molecule has 124 valence electrons. The molecule has 1 saturated heterocycles. The molecule has 1 aliphatic heterocycles. The lowest BCUT2D eigenvalue weighted by Gasteiger charge is -2.15. The maximum absolute atomic E-state index is 14.3. The lowest BCUT2D eigenvalue weighted by Crippen LogP contribution is -2.30.